The van der Waals surface area contributed by atoms with Gasteiger partial charge in [-0.05, 0) is 61.7 Å². The molecule has 3 aliphatic rings. The molecule has 0 aliphatic carbocycles. The number of para-hydroxylation sites is 2. The fraction of sp³-hybridized carbons (Fsp3) is 0.250. The van der Waals surface area contributed by atoms with Gasteiger partial charge in [0.15, 0.2) is 0 Å². The monoisotopic (exact) mass is 548 g/mol. The van der Waals surface area contributed by atoms with Crippen molar-refractivity contribution in [1.82, 2.24) is 10.3 Å². The summed E-state index contributed by atoms with van der Waals surface area (Å²) in [5.74, 6) is -3.35. The van der Waals surface area contributed by atoms with Crippen LogP contribution in [0.25, 0.3) is 10.9 Å². The van der Waals surface area contributed by atoms with Crippen LogP contribution in [-0.4, -0.2) is 41.3 Å². The summed E-state index contributed by atoms with van der Waals surface area (Å²) in [5, 5.41) is 7.55. The van der Waals surface area contributed by atoms with Crippen LogP contribution in [-0.2, 0) is 31.1 Å². The molecule has 3 amide bonds. The van der Waals surface area contributed by atoms with Gasteiger partial charge < -0.3 is 15.0 Å². The van der Waals surface area contributed by atoms with Crippen molar-refractivity contribution < 1.29 is 23.9 Å². The van der Waals surface area contributed by atoms with Gasteiger partial charge in [0.1, 0.15) is 5.54 Å². The van der Waals surface area contributed by atoms with Gasteiger partial charge in [0.25, 0.3) is 0 Å². The van der Waals surface area contributed by atoms with Gasteiger partial charge in [-0.25, -0.2) is 9.69 Å². The highest BCUT2D eigenvalue weighted by atomic mass is 16.5. The maximum atomic E-state index is 14.3. The van der Waals surface area contributed by atoms with Crippen molar-refractivity contribution in [2.45, 2.75) is 31.8 Å². The van der Waals surface area contributed by atoms with Gasteiger partial charge in [0.05, 0.1) is 29.7 Å². The normalized spacial score (nSPS) is 24.7. The molecular weight excluding hydrogens is 520 g/mol. The molecule has 7 rings (SSSR count). The van der Waals surface area contributed by atoms with E-state index in [0.29, 0.717) is 28.9 Å². The number of anilines is 2. The number of esters is 1. The molecule has 2 fully saturated rings. The Bertz CT molecular complexity index is 1760. The number of nitrogens with one attached hydrogen (secondary N) is 3. The van der Waals surface area contributed by atoms with Crippen LogP contribution in [0.2, 0.25) is 0 Å². The predicted octanol–water partition coefficient (Wildman–Crippen LogP) is 3.82. The number of benzene rings is 3. The van der Waals surface area contributed by atoms with Crippen LogP contribution in [0.1, 0.15) is 34.0 Å². The molecule has 4 atom stereocenters. The summed E-state index contributed by atoms with van der Waals surface area (Å²) >= 11 is 0. The van der Waals surface area contributed by atoms with Crippen molar-refractivity contribution in [3.63, 3.8) is 0 Å². The van der Waals surface area contributed by atoms with Crippen molar-refractivity contribution in [3.8, 4) is 0 Å². The van der Waals surface area contributed by atoms with Gasteiger partial charge in [-0.3, -0.25) is 19.7 Å². The second-order valence-electron chi connectivity index (χ2n) is 10.9. The fourth-order valence-electron chi connectivity index (χ4n) is 6.90. The van der Waals surface area contributed by atoms with Gasteiger partial charge in [-0.15, -0.1) is 0 Å². The molecule has 2 saturated heterocycles. The zero-order valence-electron chi connectivity index (χ0n) is 22.6. The third-order valence-electron chi connectivity index (χ3n) is 8.71. The topological polar surface area (TPSA) is 121 Å². The van der Waals surface area contributed by atoms with Crippen LogP contribution in [0.4, 0.5) is 11.4 Å². The first-order valence-corrected chi connectivity index (χ1v) is 13.7. The van der Waals surface area contributed by atoms with E-state index in [1.54, 1.807) is 31.2 Å². The van der Waals surface area contributed by atoms with Crippen LogP contribution in [0.15, 0.2) is 72.9 Å². The molecule has 3 N–H and O–H groups in total. The van der Waals surface area contributed by atoms with Crippen molar-refractivity contribution in [1.29, 1.82) is 0 Å². The first kappa shape index (κ1) is 25.2. The lowest BCUT2D eigenvalue weighted by molar-refractivity contribution is -0.130. The molecule has 9 nitrogen and oxygen atoms in total. The number of aromatic amines is 1. The molecule has 4 aromatic rings. The van der Waals surface area contributed by atoms with Crippen LogP contribution in [0.5, 0.6) is 0 Å². The zero-order chi connectivity index (χ0) is 28.5. The summed E-state index contributed by atoms with van der Waals surface area (Å²) in [7, 11) is 0. The third-order valence-corrected chi connectivity index (χ3v) is 8.71. The lowest BCUT2D eigenvalue weighted by atomic mass is 9.76. The number of aryl methyl sites for hydroxylation is 1. The van der Waals surface area contributed by atoms with Gasteiger partial charge in [-0.2, -0.15) is 0 Å². The van der Waals surface area contributed by atoms with Crippen LogP contribution in [0, 0.1) is 18.8 Å². The number of fused-ring (bicyclic) bond motifs is 5. The standard InChI is InChI=1S/C32H28N4O5/c1-3-41-30(39)18-11-13-20(14-12-18)36-28(37)25-24(15-19-16-33-23-10-5-4-8-21(19)23)35-32(26(25)29(36)38)22-9-6-7-17(2)27(22)34-31(32)40/h4-14,16,24-26,33,35H,3,15H2,1-2H3,(H,34,40)/t24-,25-,26+,32+/m1/s1. The molecule has 0 unspecified atom stereocenters. The number of carbonyl (C=O) groups excluding carboxylic acids is 4. The average Bonchev–Trinajstić information content (AvgIpc) is 3.68. The van der Waals surface area contributed by atoms with Crippen molar-refractivity contribution in [2.24, 2.45) is 11.8 Å². The first-order valence-electron chi connectivity index (χ1n) is 13.7. The minimum absolute atomic E-state index is 0.239. The molecule has 1 aromatic heterocycles. The summed E-state index contributed by atoms with van der Waals surface area (Å²) in [6, 6.07) is 19.3. The van der Waals surface area contributed by atoms with Gasteiger partial charge in [0, 0.05) is 34.4 Å². The van der Waals surface area contributed by atoms with Crippen molar-refractivity contribution in [3.05, 3.63) is 95.2 Å². The second kappa shape index (κ2) is 9.14. The molecule has 41 heavy (non-hydrogen) atoms. The van der Waals surface area contributed by atoms with Crippen molar-refractivity contribution >= 4 is 46.0 Å². The number of hydrogen-bond acceptors (Lipinski definition) is 6. The number of imide groups is 1. The zero-order valence-corrected chi connectivity index (χ0v) is 22.6. The SMILES string of the molecule is CCOC(=O)c1ccc(N2C(=O)[C@H]3[C@@H](C2=O)[C@]2(N[C@@H]3Cc3c[nH]c4ccccc34)C(=O)Nc3c(C)cccc32)cc1. The molecule has 0 bridgehead atoms. The fourth-order valence-corrected chi connectivity index (χ4v) is 6.90. The second-order valence-corrected chi connectivity index (χ2v) is 10.9. The Labute approximate surface area is 235 Å². The lowest BCUT2D eigenvalue weighted by Gasteiger charge is -2.29. The Morgan fingerprint density at radius 2 is 1.76 bits per heavy atom. The van der Waals surface area contributed by atoms with E-state index >= 15 is 0 Å². The summed E-state index contributed by atoms with van der Waals surface area (Å²) in [6.07, 6.45) is 2.36. The highest BCUT2D eigenvalue weighted by molar-refractivity contribution is 6.26. The Hall–Kier alpha value is -4.76. The summed E-state index contributed by atoms with van der Waals surface area (Å²) < 4.78 is 5.07. The largest absolute Gasteiger partial charge is 0.462 e. The minimum Gasteiger partial charge on any atom is -0.462 e. The van der Waals surface area contributed by atoms with E-state index in [1.807, 2.05) is 55.6 Å². The minimum atomic E-state index is -1.39. The number of hydrogen-bond donors (Lipinski definition) is 3. The maximum Gasteiger partial charge on any atom is 0.338 e. The number of ether oxygens (including phenoxy) is 1. The molecular formula is C32H28N4O5. The molecule has 9 heteroatoms. The van der Waals surface area contributed by atoms with Crippen LogP contribution in [0.3, 0.4) is 0 Å². The Balaban J connectivity index is 1.33. The number of aromatic nitrogens is 1. The number of carbonyl (C=O) groups is 4. The van der Waals surface area contributed by atoms with Crippen LogP contribution >= 0.6 is 0 Å². The van der Waals surface area contributed by atoms with E-state index in [0.717, 1.165) is 22.0 Å². The number of rotatable bonds is 5. The molecule has 0 saturated carbocycles. The molecule has 4 heterocycles. The van der Waals surface area contributed by atoms with E-state index in [1.165, 1.54) is 4.90 Å². The summed E-state index contributed by atoms with van der Waals surface area (Å²) in [6.45, 7) is 3.87. The smallest absolute Gasteiger partial charge is 0.338 e. The van der Waals surface area contributed by atoms with Gasteiger partial charge in [0.2, 0.25) is 17.7 Å². The van der Waals surface area contributed by atoms with E-state index in [4.69, 9.17) is 4.74 Å². The third kappa shape index (κ3) is 3.52. The van der Waals surface area contributed by atoms with E-state index < -0.39 is 35.3 Å². The van der Waals surface area contributed by atoms with E-state index in [2.05, 4.69) is 15.6 Å². The number of H-pyrrole nitrogens is 1. The Morgan fingerprint density at radius 1 is 0.976 bits per heavy atom. The molecule has 3 aliphatic heterocycles. The predicted molar refractivity (Wildman–Crippen MR) is 152 cm³/mol. The molecule has 1 spiro atoms. The molecule has 3 aromatic carbocycles. The molecule has 0 radical (unpaired) electrons. The Morgan fingerprint density at radius 3 is 2.54 bits per heavy atom. The average molecular weight is 549 g/mol. The van der Waals surface area contributed by atoms with Gasteiger partial charge in [-0.1, -0.05) is 36.4 Å². The number of nitrogens with zero attached hydrogens (tertiary/aromatic N) is 1. The van der Waals surface area contributed by atoms with Crippen molar-refractivity contribution in [2.75, 3.05) is 16.8 Å². The Kier molecular flexibility index (Phi) is 5.62. The van der Waals surface area contributed by atoms with E-state index in [-0.39, 0.29) is 18.4 Å². The highest BCUT2D eigenvalue weighted by Gasteiger charge is 2.70. The van der Waals surface area contributed by atoms with Crippen LogP contribution < -0.4 is 15.5 Å². The maximum absolute atomic E-state index is 14.3. The first-order chi connectivity index (χ1) is 19.8. The van der Waals surface area contributed by atoms with E-state index in [9.17, 15) is 19.2 Å². The summed E-state index contributed by atoms with van der Waals surface area (Å²) in [4.78, 5) is 59.0. The number of amides is 3. The quantitative estimate of drug-likeness (QED) is 0.258. The lowest BCUT2D eigenvalue weighted by Crippen LogP contribution is -2.53. The highest BCUT2D eigenvalue weighted by Crippen LogP contribution is 2.54. The molecule has 206 valence electrons. The summed E-state index contributed by atoms with van der Waals surface area (Å²) in [5.41, 5.74) is 3.49. The van der Waals surface area contributed by atoms with Gasteiger partial charge >= 0.3 is 5.97 Å².